The Kier molecular flexibility index (Phi) is 25.6. The fourth-order valence-corrected chi connectivity index (χ4v) is 7.74. The lowest BCUT2D eigenvalue weighted by atomic mass is 9.85. The molecule has 2 amide bonds. The van der Waals surface area contributed by atoms with Crippen molar-refractivity contribution in [3.63, 3.8) is 0 Å². The molecule has 28 heteroatoms. The van der Waals surface area contributed by atoms with Crippen molar-refractivity contribution in [2.75, 3.05) is 33.4 Å². The van der Waals surface area contributed by atoms with E-state index in [9.17, 15) is 14.4 Å². The summed E-state index contributed by atoms with van der Waals surface area (Å²) in [7, 11) is 1.39. The van der Waals surface area contributed by atoms with Gasteiger partial charge in [-0.05, 0) is 79.0 Å². The van der Waals surface area contributed by atoms with Gasteiger partial charge in [-0.1, -0.05) is 116 Å². The molecule has 1 aromatic carbocycles. The van der Waals surface area contributed by atoms with Crippen LogP contribution in [0, 0.1) is 23.7 Å². The van der Waals surface area contributed by atoms with Crippen LogP contribution in [-0.2, 0) is 14.3 Å². The van der Waals surface area contributed by atoms with E-state index in [2.05, 4.69) is 118 Å². The Morgan fingerprint density at radius 3 is 1.43 bits per heavy atom. The quantitative estimate of drug-likeness (QED) is 0.0158. The Bertz CT molecular complexity index is 1990. The summed E-state index contributed by atoms with van der Waals surface area (Å²) in [5, 5.41) is 64.1. The zero-order chi connectivity index (χ0) is 47.6. The zero-order valence-electron chi connectivity index (χ0n) is 38.2. The summed E-state index contributed by atoms with van der Waals surface area (Å²) in [5.41, 5.74) is 0.0549. The van der Waals surface area contributed by atoms with Gasteiger partial charge in [0.15, 0.2) is 5.75 Å². The summed E-state index contributed by atoms with van der Waals surface area (Å²) >= 11 is 0. The van der Waals surface area contributed by atoms with Crippen LogP contribution >= 0.6 is 0 Å². The lowest BCUT2D eigenvalue weighted by molar-refractivity contribution is -0.141. The molecular formula is C39H59N21O7. The molecule has 2 aliphatic carbocycles. The summed E-state index contributed by atoms with van der Waals surface area (Å²) in [6, 6.07) is 2.90. The second-order valence-corrected chi connectivity index (χ2v) is 15.4. The van der Waals surface area contributed by atoms with E-state index >= 15 is 0 Å². The van der Waals surface area contributed by atoms with Crippen molar-refractivity contribution in [3.05, 3.63) is 29.8 Å². The molecule has 4 unspecified atom stereocenters. The third-order valence-electron chi connectivity index (χ3n) is 10.8. The van der Waals surface area contributed by atoms with Crippen molar-refractivity contribution in [1.29, 1.82) is 0 Å². The lowest BCUT2D eigenvalue weighted by Gasteiger charge is -2.18. The molecule has 4 atom stereocenters. The molecule has 4 rings (SSSR count). The number of amides is 2. The highest BCUT2D eigenvalue weighted by atomic mass is 16.7. The van der Waals surface area contributed by atoms with E-state index < -0.39 is 5.97 Å². The number of esters is 1. The Morgan fingerprint density at radius 2 is 0.955 bits per heavy atom. The van der Waals surface area contributed by atoms with Crippen LogP contribution in [-0.4, -0.2) is 56.1 Å². The third-order valence-corrected chi connectivity index (χ3v) is 10.8. The molecule has 2 fully saturated rings. The van der Waals surface area contributed by atoms with Crippen molar-refractivity contribution in [2.24, 2.45) is 128 Å². The molecule has 1 heterocycles. The smallest absolute Gasteiger partial charge is 0.338 e. The van der Waals surface area contributed by atoms with Gasteiger partial charge < -0.3 is 19.0 Å². The third kappa shape index (κ3) is 19.2. The highest BCUT2D eigenvalue weighted by Gasteiger charge is 2.59. The molecular weight excluding hydrogens is 875 g/mol. The summed E-state index contributed by atoms with van der Waals surface area (Å²) in [6.45, 7) is 4.83. The molecule has 0 N–H and O–H groups in total. The number of fused-ring (bicyclic) bond motifs is 5. The van der Waals surface area contributed by atoms with E-state index in [4.69, 9.17) is 19.0 Å². The maximum Gasteiger partial charge on any atom is 0.338 e. The number of hydrogen-bond acceptors (Lipinski definition) is 9. The number of nitrogens with zero attached hydrogens (tertiary/aromatic N) is 21. The Balaban J connectivity index is 1.39. The molecule has 1 aliphatic heterocycles. The second-order valence-electron chi connectivity index (χ2n) is 15.4. The van der Waals surface area contributed by atoms with Gasteiger partial charge in [0.05, 0.1) is 49.5 Å². The maximum atomic E-state index is 13.6. The Hall–Kier alpha value is -7.03. The monoisotopic (exact) mass is 933 g/mol. The van der Waals surface area contributed by atoms with Crippen LogP contribution in [0.1, 0.15) is 133 Å². The van der Waals surface area contributed by atoms with Crippen molar-refractivity contribution in [3.8, 4) is 17.2 Å². The number of unbranched alkanes of at least 4 members (excludes halogenated alkanes) is 14. The van der Waals surface area contributed by atoms with Crippen LogP contribution in [0.2, 0.25) is 0 Å². The van der Waals surface area contributed by atoms with Crippen molar-refractivity contribution >= 4 is 17.8 Å². The highest BCUT2D eigenvalue weighted by Crippen LogP contribution is 2.52. The molecule has 0 radical (unpaired) electrons. The minimum Gasteiger partial charge on any atom is -0.490 e. The average Bonchev–Trinajstić information content (AvgIpc) is 4.03. The number of carbonyl (C=O) groups excluding carboxylic acids is 3. The molecule has 0 spiro atoms. The Labute approximate surface area is 387 Å². The molecule has 362 valence electrons. The van der Waals surface area contributed by atoms with Gasteiger partial charge in [-0.25, -0.2) is 4.79 Å². The fourth-order valence-electron chi connectivity index (χ4n) is 7.74. The van der Waals surface area contributed by atoms with E-state index in [1.54, 1.807) is 0 Å². The molecule has 3 aliphatic rings. The second kappa shape index (κ2) is 32.6. The number of carbonyl (C=O) groups is 3. The molecule has 67 heavy (non-hydrogen) atoms. The number of imide groups is 1. The molecule has 28 nitrogen and oxygen atoms in total. The van der Waals surface area contributed by atoms with Crippen molar-refractivity contribution < 1.29 is 33.4 Å². The average molecular weight is 934 g/mol. The topological polar surface area (TPSA) is 339 Å². The molecule has 1 aromatic rings. The number of benzene rings is 1. The van der Waals surface area contributed by atoms with Gasteiger partial charge in [-0.15, -0.1) is 0 Å². The lowest BCUT2D eigenvalue weighted by Crippen LogP contribution is -2.36. The van der Waals surface area contributed by atoms with Crippen LogP contribution in [0.3, 0.4) is 0 Å². The first-order valence-electron chi connectivity index (χ1n) is 22.7. The number of likely N-dealkylation sites (tertiary alicyclic amines) is 1. The highest BCUT2D eigenvalue weighted by molar-refractivity contribution is 6.06. The number of hydrogen-bond donors (Lipinski definition) is 0. The first kappa shape index (κ1) is 52.6. The predicted molar refractivity (Wildman–Crippen MR) is 232 cm³/mol. The molecule has 0 aromatic heterocycles. The maximum absolute atomic E-state index is 13.6. The van der Waals surface area contributed by atoms with Crippen LogP contribution < -0.4 is 14.3 Å². The van der Waals surface area contributed by atoms with Gasteiger partial charge in [0.1, 0.15) is 6.61 Å². The van der Waals surface area contributed by atoms with E-state index in [1.165, 1.54) is 75.4 Å². The van der Waals surface area contributed by atoms with E-state index in [0.717, 1.165) is 57.8 Å². The minimum absolute atomic E-state index is 0.00903. The summed E-state index contributed by atoms with van der Waals surface area (Å²) in [4.78, 5) is 46.8. The standard InChI is InChI=1S/C39H59N21O7/c1-4-6-8-10-12-14-16-18-23-64-32-27-31(39(63)66-25-22-60-37(61)34-29-20-21-30(26-29)35(34)38(60)62)28-33(36(32)65-24-19-17-15-13-11-9-7-5-2)67-59-58-57-56-55-54-53-52-51-50-49-48-47-46-45-44-43-42-41-40-3/h20-21,27-30,34-35H,4-19,22-26H2,1-3H3. The van der Waals surface area contributed by atoms with E-state index in [-0.39, 0.29) is 71.4 Å². The normalized spacial score (nSPS) is 19.5. The molecule has 2 bridgehead atoms. The van der Waals surface area contributed by atoms with Crippen LogP contribution in [0.4, 0.5) is 0 Å². The summed E-state index contributed by atoms with van der Waals surface area (Å²) < 4.78 is 18.1. The zero-order valence-corrected chi connectivity index (χ0v) is 38.2. The molecule has 1 saturated heterocycles. The Morgan fingerprint density at radius 1 is 0.537 bits per heavy atom. The summed E-state index contributed by atoms with van der Waals surface area (Å²) in [6.07, 6.45) is 22.6. The van der Waals surface area contributed by atoms with Gasteiger partial charge >= 0.3 is 5.97 Å². The van der Waals surface area contributed by atoms with Crippen LogP contribution in [0.5, 0.6) is 17.2 Å². The SMILES string of the molecule is CCCCCCCCCCOc1cc(C(=O)OCCN2C(=O)C3C4C=CC(C4)C3C2=O)cc(ON=NN=NN=NN=NN=NN=NN=NN=NN=NN=NC)c1OCCCCCCCCCC. The van der Waals surface area contributed by atoms with Gasteiger partial charge in [-0.3, -0.25) is 14.5 Å². The molecule has 1 saturated carbocycles. The van der Waals surface area contributed by atoms with E-state index in [1.807, 2.05) is 12.2 Å². The predicted octanol–water partition coefficient (Wildman–Crippen LogP) is 12.4. The van der Waals surface area contributed by atoms with Crippen molar-refractivity contribution in [2.45, 2.75) is 123 Å². The summed E-state index contributed by atoms with van der Waals surface area (Å²) in [5.74, 6) is -1.26. The van der Waals surface area contributed by atoms with Gasteiger partial charge in [0, 0.05) is 58.3 Å². The number of allylic oxidation sites excluding steroid dienone is 2. The number of ether oxygens (including phenoxy) is 3. The largest absolute Gasteiger partial charge is 0.490 e. The van der Waals surface area contributed by atoms with E-state index in [0.29, 0.717) is 13.2 Å². The number of rotatable bonds is 35. The van der Waals surface area contributed by atoms with Crippen LogP contribution in [0.15, 0.2) is 129 Å². The first-order chi connectivity index (χ1) is 33.0. The van der Waals surface area contributed by atoms with Crippen molar-refractivity contribution in [1.82, 2.24) is 4.90 Å². The minimum atomic E-state index is -0.740. The van der Waals surface area contributed by atoms with Crippen LogP contribution in [0.25, 0.3) is 0 Å². The van der Waals surface area contributed by atoms with Gasteiger partial charge in [-0.2, -0.15) is 5.11 Å². The first-order valence-corrected chi connectivity index (χ1v) is 22.7. The van der Waals surface area contributed by atoms with Gasteiger partial charge in [0.2, 0.25) is 23.3 Å². The van der Waals surface area contributed by atoms with Gasteiger partial charge in [0.25, 0.3) is 0 Å². The fraction of sp³-hybridized carbons (Fsp3) is 0.718.